The first-order valence-electron chi connectivity index (χ1n) is 7.78. The molecule has 0 radical (unpaired) electrons. The van der Waals surface area contributed by atoms with Gasteiger partial charge in [-0.25, -0.2) is 0 Å². The Morgan fingerprint density at radius 3 is 2.38 bits per heavy atom. The zero-order valence-corrected chi connectivity index (χ0v) is 14.4. The molecule has 1 rings (SSSR count). The number of aromatic hydroxyl groups is 1. The maximum Gasteiger partial charge on any atom is 0.311 e. The van der Waals surface area contributed by atoms with Crippen molar-refractivity contribution in [2.75, 3.05) is 6.61 Å². The van der Waals surface area contributed by atoms with Crippen molar-refractivity contribution in [3.8, 4) is 5.75 Å². The molecular formula is C17H23NO6. The fourth-order valence-electron chi connectivity index (χ4n) is 2.17. The van der Waals surface area contributed by atoms with Gasteiger partial charge in [-0.1, -0.05) is 20.8 Å². The number of nitrogens with zero attached hydrogens (tertiary/aromatic N) is 1. The number of hydrogen-bond acceptors (Lipinski definition) is 6. The summed E-state index contributed by atoms with van der Waals surface area (Å²) < 4.78 is 4.78. The topological polar surface area (TPSA) is 107 Å². The van der Waals surface area contributed by atoms with E-state index in [0.29, 0.717) is 5.56 Å². The van der Waals surface area contributed by atoms with Crippen LogP contribution in [0, 0.1) is 10.1 Å². The number of phenolic OH excluding ortho intramolecular Hbond substituents is 1. The number of esters is 1. The molecule has 0 saturated carbocycles. The van der Waals surface area contributed by atoms with Crippen molar-refractivity contribution in [3.63, 3.8) is 0 Å². The fraction of sp³-hybridized carbons (Fsp3) is 0.529. The van der Waals surface area contributed by atoms with E-state index in [1.165, 1.54) is 12.1 Å². The quantitative estimate of drug-likeness (QED) is 0.353. The van der Waals surface area contributed by atoms with Crippen LogP contribution in [0.2, 0.25) is 0 Å². The van der Waals surface area contributed by atoms with Gasteiger partial charge in [-0.3, -0.25) is 19.7 Å². The van der Waals surface area contributed by atoms with Crippen LogP contribution in [0.1, 0.15) is 62.9 Å². The number of nitro groups is 1. The van der Waals surface area contributed by atoms with Crippen molar-refractivity contribution in [1.82, 2.24) is 0 Å². The Morgan fingerprint density at radius 2 is 1.88 bits per heavy atom. The Morgan fingerprint density at radius 1 is 1.25 bits per heavy atom. The maximum absolute atomic E-state index is 12.3. The molecule has 24 heavy (non-hydrogen) atoms. The van der Waals surface area contributed by atoms with E-state index in [0.717, 1.165) is 0 Å². The van der Waals surface area contributed by atoms with Crippen LogP contribution in [0.5, 0.6) is 5.75 Å². The molecule has 0 bridgehead atoms. The first-order valence-corrected chi connectivity index (χ1v) is 7.78. The summed E-state index contributed by atoms with van der Waals surface area (Å²) in [6.45, 7) is 7.54. The molecule has 0 unspecified atom stereocenters. The van der Waals surface area contributed by atoms with Crippen LogP contribution >= 0.6 is 0 Å². The summed E-state index contributed by atoms with van der Waals surface area (Å²) in [4.78, 5) is 34.0. The molecule has 0 atom stereocenters. The number of benzene rings is 1. The molecule has 0 aliphatic rings. The van der Waals surface area contributed by atoms with Gasteiger partial charge >= 0.3 is 11.7 Å². The number of nitro benzene ring substituents is 1. The van der Waals surface area contributed by atoms with Crippen LogP contribution in [0.25, 0.3) is 0 Å². The van der Waals surface area contributed by atoms with E-state index in [1.807, 2.05) is 20.8 Å². The van der Waals surface area contributed by atoms with Gasteiger partial charge in [0.05, 0.1) is 17.1 Å². The highest BCUT2D eigenvalue weighted by Crippen LogP contribution is 2.36. The number of carbonyl (C=O) groups is 2. The van der Waals surface area contributed by atoms with E-state index in [1.54, 1.807) is 6.92 Å². The van der Waals surface area contributed by atoms with Crippen LogP contribution in [0.15, 0.2) is 12.1 Å². The molecule has 0 amide bonds. The average Bonchev–Trinajstić information content (AvgIpc) is 2.45. The normalized spacial score (nSPS) is 11.2. The first kappa shape index (κ1) is 19.6. The minimum atomic E-state index is -0.708. The Kier molecular flexibility index (Phi) is 6.45. The standard InChI is InChI=1S/C17H23NO6/c1-5-24-15(20)8-6-7-14(19)12-9-11(17(2,3)4)10-13(16(12)21)18(22)23/h9-10,21H,5-8H2,1-4H3. The SMILES string of the molecule is CCOC(=O)CCCC(=O)c1cc(C(C)(C)C)cc([N+](=O)[O-])c1O. The Balaban J connectivity index is 3.04. The number of phenols is 1. The second-order valence-corrected chi connectivity index (χ2v) is 6.48. The maximum atomic E-state index is 12.3. The second-order valence-electron chi connectivity index (χ2n) is 6.48. The highest BCUT2D eigenvalue weighted by molar-refractivity contribution is 6.00. The van der Waals surface area contributed by atoms with Crippen molar-refractivity contribution in [1.29, 1.82) is 0 Å². The van der Waals surface area contributed by atoms with E-state index in [9.17, 15) is 24.8 Å². The monoisotopic (exact) mass is 337 g/mol. The number of Topliss-reactive ketones (excluding diaryl/α,β-unsaturated/α-hetero) is 1. The average molecular weight is 337 g/mol. The van der Waals surface area contributed by atoms with Crippen LogP contribution in [0.4, 0.5) is 5.69 Å². The van der Waals surface area contributed by atoms with Gasteiger partial charge in [0, 0.05) is 18.9 Å². The summed E-state index contributed by atoms with van der Waals surface area (Å²) >= 11 is 0. The molecule has 0 aromatic heterocycles. The minimum Gasteiger partial charge on any atom is -0.502 e. The van der Waals surface area contributed by atoms with Gasteiger partial charge in [0.1, 0.15) is 0 Å². The van der Waals surface area contributed by atoms with Crippen molar-refractivity contribution >= 4 is 17.4 Å². The van der Waals surface area contributed by atoms with Gasteiger partial charge in [0.25, 0.3) is 0 Å². The largest absolute Gasteiger partial charge is 0.502 e. The summed E-state index contributed by atoms with van der Waals surface area (Å²) in [7, 11) is 0. The zero-order valence-electron chi connectivity index (χ0n) is 14.4. The summed E-state index contributed by atoms with van der Waals surface area (Å²) in [5.74, 6) is -1.47. The number of carbonyl (C=O) groups excluding carboxylic acids is 2. The van der Waals surface area contributed by atoms with E-state index in [4.69, 9.17) is 4.74 Å². The number of ether oxygens (including phenoxy) is 1. The van der Waals surface area contributed by atoms with Crippen LogP contribution in [-0.2, 0) is 14.9 Å². The summed E-state index contributed by atoms with van der Waals surface area (Å²) in [6.07, 6.45) is 0.336. The van der Waals surface area contributed by atoms with Crippen LogP contribution in [-0.4, -0.2) is 28.4 Å². The molecule has 7 heteroatoms. The molecule has 7 nitrogen and oxygen atoms in total. The van der Waals surface area contributed by atoms with Crippen molar-refractivity contribution in [3.05, 3.63) is 33.4 Å². The zero-order chi connectivity index (χ0) is 18.5. The summed E-state index contributed by atoms with van der Waals surface area (Å²) in [5, 5.41) is 21.2. The van der Waals surface area contributed by atoms with Crippen molar-refractivity contribution in [2.45, 2.75) is 52.4 Å². The molecule has 0 fully saturated rings. The fourth-order valence-corrected chi connectivity index (χ4v) is 2.17. The molecule has 0 heterocycles. The van der Waals surface area contributed by atoms with Gasteiger partial charge in [0.2, 0.25) is 5.75 Å². The molecular weight excluding hydrogens is 314 g/mol. The lowest BCUT2D eigenvalue weighted by Crippen LogP contribution is -2.14. The summed E-state index contributed by atoms with van der Waals surface area (Å²) in [6, 6.07) is 2.76. The van der Waals surface area contributed by atoms with Crippen molar-refractivity contribution in [2.24, 2.45) is 0 Å². The summed E-state index contributed by atoms with van der Waals surface area (Å²) in [5.41, 5.74) is -0.409. The molecule has 132 valence electrons. The number of hydrogen-bond donors (Lipinski definition) is 1. The number of ketones is 1. The second kappa shape index (κ2) is 7.90. The Hall–Kier alpha value is -2.44. The molecule has 0 aliphatic carbocycles. The molecule has 1 aromatic carbocycles. The third-order valence-corrected chi connectivity index (χ3v) is 3.54. The molecule has 0 spiro atoms. The van der Waals surface area contributed by atoms with Crippen LogP contribution < -0.4 is 0 Å². The smallest absolute Gasteiger partial charge is 0.311 e. The Labute approximate surface area is 140 Å². The Bertz CT molecular complexity index is 645. The predicted octanol–water partition coefficient (Wildman–Crippen LogP) is 3.51. The highest BCUT2D eigenvalue weighted by atomic mass is 16.6. The van der Waals surface area contributed by atoms with Gasteiger partial charge in [-0.15, -0.1) is 0 Å². The highest BCUT2D eigenvalue weighted by Gasteiger charge is 2.26. The minimum absolute atomic E-state index is 0.00285. The van der Waals surface area contributed by atoms with Gasteiger partial charge in [-0.05, 0) is 30.4 Å². The van der Waals surface area contributed by atoms with E-state index in [2.05, 4.69) is 0 Å². The lowest BCUT2D eigenvalue weighted by Gasteiger charge is -2.20. The molecule has 1 N–H and O–H groups in total. The molecule has 0 saturated heterocycles. The predicted molar refractivity (Wildman–Crippen MR) is 88.3 cm³/mol. The molecule has 0 aliphatic heterocycles. The van der Waals surface area contributed by atoms with Gasteiger partial charge < -0.3 is 9.84 Å². The number of rotatable bonds is 7. The van der Waals surface area contributed by atoms with E-state index >= 15 is 0 Å². The van der Waals surface area contributed by atoms with E-state index < -0.39 is 33.5 Å². The van der Waals surface area contributed by atoms with E-state index in [-0.39, 0.29) is 31.4 Å². The third-order valence-electron chi connectivity index (χ3n) is 3.54. The lowest BCUT2D eigenvalue weighted by molar-refractivity contribution is -0.386. The van der Waals surface area contributed by atoms with Crippen molar-refractivity contribution < 1.29 is 24.4 Å². The van der Waals surface area contributed by atoms with Crippen LogP contribution in [0.3, 0.4) is 0 Å². The molecule has 1 aromatic rings. The van der Waals surface area contributed by atoms with Gasteiger partial charge in [0.15, 0.2) is 5.78 Å². The first-order chi connectivity index (χ1) is 11.1. The van der Waals surface area contributed by atoms with Gasteiger partial charge in [-0.2, -0.15) is 0 Å². The lowest BCUT2D eigenvalue weighted by atomic mass is 9.84. The third kappa shape index (κ3) is 5.04.